The average Bonchev–Trinajstić information content (AvgIpc) is 3.02. The lowest BCUT2D eigenvalue weighted by atomic mass is 10.0. The summed E-state index contributed by atoms with van der Waals surface area (Å²) in [5.74, 6) is -4.59. The second-order valence-electron chi connectivity index (χ2n) is 10.1. The maximum atomic E-state index is 13.5. The number of Topliss-reactive ketones (excluding diaryl/α,β-unsaturated/α-hetero) is 1. The zero-order chi connectivity index (χ0) is 32.8. The maximum absolute atomic E-state index is 13.5. The number of ether oxygens (including phenoxy) is 1. The lowest BCUT2D eigenvalue weighted by Gasteiger charge is -2.25. The minimum absolute atomic E-state index is 0.00282. The van der Waals surface area contributed by atoms with Crippen molar-refractivity contribution in [3.63, 3.8) is 0 Å². The van der Waals surface area contributed by atoms with Crippen LogP contribution < -0.4 is 21.3 Å². The first-order chi connectivity index (χ1) is 21.4. The van der Waals surface area contributed by atoms with E-state index < -0.39 is 60.3 Å². The van der Waals surface area contributed by atoms with Crippen LogP contribution in [0.4, 0.5) is 18.0 Å². The molecular weight excluding hydrogens is 593 g/mol. The van der Waals surface area contributed by atoms with Crippen molar-refractivity contribution in [1.82, 2.24) is 21.3 Å². The molecule has 0 radical (unpaired) electrons. The van der Waals surface area contributed by atoms with E-state index in [2.05, 4.69) is 16.0 Å². The minimum Gasteiger partial charge on any atom is -0.445 e. The first-order valence-corrected chi connectivity index (χ1v) is 14.0. The number of amides is 4. The number of benzene rings is 3. The van der Waals surface area contributed by atoms with Crippen molar-refractivity contribution in [1.29, 1.82) is 0 Å². The Morgan fingerprint density at radius 1 is 0.689 bits per heavy atom. The molecule has 0 fully saturated rings. The third kappa shape index (κ3) is 12.1. The summed E-state index contributed by atoms with van der Waals surface area (Å²) in [4.78, 5) is 63.9. The highest BCUT2D eigenvalue weighted by molar-refractivity contribution is 6.38. The lowest BCUT2D eigenvalue weighted by molar-refractivity contribution is -0.152. The minimum atomic E-state index is -4.90. The Labute approximate surface area is 257 Å². The summed E-state index contributed by atoms with van der Waals surface area (Å²) >= 11 is 0. The van der Waals surface area contributed by atoms with Gasteiger partial charge in [-0.05, 0) is 23.6 Å². The Balaban J connectivity index is 1.68. The van der Waals surface area contributed by atoms with Gasteiger partial charge in [0, 0.05) is 13.0 Å². The Kier molecular flexibility index (Phi) is 12.6. The molecule has 0 bridgehead atoms. The predicted octanol–water partition coefficient (Wildman–Crippen LogP) is 3.35. The Morgan fingerprint density at radius 3 is 1.76 bits per heavy atom. The Hall–Kier alpha value is -5.20. The average molecular weight is 627 g/mol. The molecule has 4 N–H and O–H groups in total. The maximum Gasteiger partial charge on any atom is 0.408 e. The number of hydrogen-bond acceptors (Lipinski definition) is 6. The van der Waals surface area contributed by atoms with Gasteiger partial charge in [-0.25, -0.2) is 4.79 Å². The van der Waals surface area contributed by atoms with Crippen molar-refractivity contribution >= 4 is 29.6 Å². The molecule has 3 aromatic rings. The van der Waals surface area contributed by atoms with Crippen LogP contribution in [-0.2, 0) is 43.5 Å². The quantitative estimate of drug-likeness (QED) is 0.202. The van der Waals surface area contributed by atoms with Gasteiger partial charge in [0.2, 0.25) is 17.6 Å². The summed E-state index contributed by atoms with van der Waals surface area (Å²) in [6, 6.07) is 20.4. The van der Waals surface area contributed by atoms with Gasteiger partial charge in [0.1, 0.15) is 24.7 Å². The predicted molar refractivity (Wildman–Crippen MR) is 157 cm³/mol. The van der Waals surface area contributed by atoms with Gasteiger partial charge in [0.05, 0.1) is 6.42 Å². The molecule has 0 aliphatic carbocycles. The summed E-state index contributed by atoms with van der Waals surface area (Å²) in [5.41, 5.74) is 1.89. The summed E-state index contributed by atoms with van der Waals surface area (Å²) < 4.78 is 45.4. The number of carbonyl (C=O) groups is 5. The van der Waals surface area contributed by atoms with Crippen LogP contribution in [0.1, 0.15) is 30.0 Å². The van der Waals surface area contributed by atoms with Crippen LogP contribution in [0.15, 0.2) is 91.0 Å². The fourth-order valence-electron chi connectivity index (χ4n) is 4.10. The summed E-state index contributed by atoms with van der Waals surface area (Å²) in [6.07, 6.45) is -7.88. The molecular formula is C32H33F3N4O6. The van der Waals surface area contributed by atoms with Crippen LogP contribution in [-0.4, -0.2) is 53.9 Å². The second-order valence-corrected chi connectivity index (χ2v) is 10.1. The molecule has 0 aliphatic heterocycles. The van der Waals surface area contributed by atoms with Gasteiger partial charge in [-0.15, -0.1) is 0 Å². The van der Waals surface area contributed by atoms with Crippen LogP contribution in [0.2, 0.25) is 0 Å². The van der Waals surface area contributed by atoms with Gasteiger partial charge >= 0.3 is 12.3 Å². The number of alkyl halides is 3. The molecule has 0 saturated heterocycles. The van der Waals surface area contributed by atoms with Crippen molar-refractivity contribution in [2.75, 3.05) is 0 Å². The van der Waals surface area contributed by atoms with Crippen LogP contribution >= 0.6 is 0 Å². The van der Waals surface area contributed by atoms with Crippen LogP contribution in [0, 0.1) is 0 Å². The molecule has 10 nitrogen and oxygen atoms in total. The first kappa shape index (κ1) is 34.3. The molecule has 3 aromatic carbocycles. The summed E-state index contributed by atoms with van der Waals surface area (Å²) in [6.45, 7) is 1.08. The number of rotatable bonds is 14. The Morgan fingerprint density at radius 2 is 1.20 bits per heavy atom. The molecule has 13 heteroatoms. The van der Waals surface area contributed by atoms with E-state index in [1.165, 1.54) is 6.92 Å². The van der Waals surface area contributed by atoms with Gasteiger partial charge < -0.3 is 26.0 Å². The smallest absolute Gasteiger partial charge is 0.408 e. The van der Waals surface area contributed by atoms with E-state index in [0.717, 1.165) is 0 Å². The van der Waals surface area contributed by atoms with Crippen LogP contribution in [0.5, 0.6) is 0 Å². The highest BCUT2D eigenvalue weighted by Gasteiger charge is 2.39. The molecule has 3 rings (SSSR count). The number of carbonyl (C=O) groups excluding carboxylic acids is 5. The van der Waals surface area contributed by atoms with E-state index in [0.29, 0.717) is 16.7 Å². The van der Waals surface area contributed by atoms with Gasteiger partial charge in [0.25, 0.3) is 5.91 Å². The number of hydrogen-bond donors (Lipinski definition) is 4. The lowest BCUT2D eigenvalue weighted by Crippen LogP contribution is -2.57. The third-order valence-electron chi connectivity index (χ3n) is 6.44. The van der Waals surface area contributed by atoms with E-state index in [1.54, 1.807) is 91.0 Å². The number of nitrogens with one attached hydrogen (secondary N) is 4. The van der Waals surface area contributed by atoms with Gasteiger partial charge in [-0.3, -0.25) is 19.2 Å². The molecule has 0 heterocycles. The van der Waals surface area contributed by atoms with Gasteiger partial charge in [-0.2, -0.15) is 13.2 Å². The molecule has 45 heavy (non-hydrogen) atoms. The third-order valence-corrected chi connectivity index (χ3v) is 6.44. The molecule has 1 unspecified atom stereocenters. The van der Waals surface area contributed by atoms with Gasteiger partial charge in [0.15, 0.2) is 0 Å². The highest BCUT2D eigenvalue weighted by atomic mass is 19.4. The summed E-state index contributed by atoms with van der Waals surface area (Å²) in [5, 5.41) is 8.85. The fraction of sp³-hybridized carbons (Fsp3) is 0.281. The zero-order valence-corrected chi connectivity index (χ0v) is 24.3. The molecule has 0 spiro atoms. The number of halogens is 3. The van der Waals surface area contributed by atoms with Crippen LogP contribution in [0.25, 0.3) is 0 Å². The van der Waals surface area contributed by atoms with Crippen molar-refractivity contribution in [2.24, 2.45) is 0 Å². The molecule has 0 saturated carbocycles. The van der Waals surface area contributed by atoms with E-state index in [4.69, 9.17) is 4.74 Å². The summed E-state index contributed by atoms with van der Waals surface area (Å²) in [7, 11) is 0. The highest BCUT2D eigenvalue weighted by Crippen LogP contribution is 2.22. The van der Waals surface area contributed by atoms with Gasteiger partial charge in [-0.1, -0.05) is 91.0 Å². The van der Waals surface area contributed by atoms with E-state index >= 15 is 0 Å². The zero-order valence-electron chi connectivity index (χ0n) is 24.3. The molecule has 0 aromatic heterocycles. The standard InChI is InChI=1S/C32H33F3N4O6/c1-21(37-31(44)45-20-24-15-9-4-10-16-24)28(41)39-26(18-32(33,34)35)29(42)38-25(17-22-11-5-2-6-12-22)27(40)30(43)36-19-23-13-7-3-8-14-23/h2-16,21,25-26H,17-20H2,1H3,(H,36,43)(H,37,44)(H,38,42)(H,39,41)/t21?,25-,26-/m0/s1. The Bertz CT molecular complexity index is 1440. The van der Waals surface area contributed by atoms with E-state index in [1.807, 2.05) is 5.32 Å². The molecule has 0 aliphatic rings. The monoisotopic (exact) mass is 626 g/mol. The van der Waals surface area contributed by atoms with Crippen LogP contribution in [0.3, 0.4) is 0 Å². The van der Waals surface area contributed by atoms with Crippen molar-refractivity contribution in [3.8, 4) is 0 Å². The van der Waals surface area contributed by atoms with Crippen molar-refractivity contribution < 1.29 is 41.9 Å². The van der Waals surface area contributed by atoms with Crippen molar-refractivity contribution in [3.05, 3.63) is 108 Å². The largest absolute Gasteiger partial charge is 0.445 e. The van der Waals surface area contributed by atoms with Crippen molar-refractivity contribution in [2.45, 2.75) is 57.2 Å². The SMILES string of the molecule is CC(NC(=O)OCc1ccccc1)C(=O)N[C@@H](CC(F)(F)F)C(=O)N[C@@H](Cc1ccccc1)C(=O)C(=O)NCc1ccccc1. The second kappa shape index (κ2) is 16.6. The number of alkyl carbamates (subject to hydrolysis) is 1. The topological polar surface area (TPSA) is 143 Å². The fourth-order valence-corrected chi connectivity index (χ4v) is 4.10. The molecule has 4 amide bonds. The van der Waals surface area contributed by atoms with E-state index in [-0.39, 0.29) is 19.6 Å². The normalized spacial score (nSPS) is 13.0. The molecule has 3 atom stereocenters. The van der Waals surface area contributed by atoms with E-state index in [9.17, 15) is 37.1 Å². The molecule has 238 valence electrons. The number of ketones is 1. The first-order valence-electron chi connectivity index (χ1n) is 14.0.